The van der Waals surface area contributed by atoms with Gasteiger partial charge in [-0.15, -0.1) is 0 Å². The van der Waals surface area contributed by atoms with Gasteiger partial charge in [-0.1, -0.05) is 56.0 Å². The van der Waals surface area contributed by atoms with Gasteiger partial charge in [-0.2, -0.15) is 0 Å². The Morgan fingerprint density at radius 1 is 1.12 bits per heavy atom. The Hall–Kier alpha value is -2.37. The Labute approximate surface area is 154 Å². The number of benzene rings is 1. The van der Waals surface area contributed by atoms with Crippen molar-refractivity contribution in [3.63, 3.8) is 0 Å². The van der Waals surface area contributed by atoms with Crippen LogP contribution in [0.2, 0.25) is 0 Å². The van der Waals surface area contributed by atoms with Crippen molar-refractivity contribution in [2.24, 2.45) is 11.8 Å². The molecule has 1 aliphatic rings. The third-order valence-corrected chi connectivity index (χ3v) is 5.07. The molecule has 0 radical (unpaired) electrons. The highest BCUT2D eigenvalue weighted by Gasteiger charge is 2.26. The summed E-state index contributed by atoms with van der Waals surface area (Å²) in [5.74, 6) is -1.65. The van der Waals surface area contributed by atoms with Crippen molar-refractivity contribution in [2.75, 3.05) is 6.54 Å². The molecule has 2 atom stereocenters. The summed E-state index contributed by atoms with van der Waals surface area (Å²) in [4.78, 5) is 35.5. The predicted molar refractivity (Wildman–Crippen MR) is 98.3 cm³/mol. The molecule has 2 unspecified atom stereocenters. The average molecular weight is 360 g/mol. The summed E-state index contributed by atoms with van der Waals surface area (Å²) < 4.78 is 0. The first-order valence-electron chi connectivity index (χ1n) is 9.31. The summed E-state index contributed by atoms with van der Waals surface area (Å²) in [6.45, 7) is 1.42. The zero-order chi connectivity index (χ0) is 18.9. The Morgan fingerprint density at radius 3 is 2.38 bits per heavy atom. The van der Waals surface area contributed by atoms with E-state index in [2.05, 4.69) is 10.6 Å². The van der Waals surface area contributed by atoms with E-state index in [-0.39, 0.29) is 18.4 Å². The van der Waals surface area contributed by atoms with E-state index < -0.39 is 17.9 Å². The van der Waals surface area contributed by atoms with Crippen molar-refractivity contribution >= 4 is 17.8 Å². The van der Waals surface area contributed by atoms with Gasteiger partial charge in [0.1, 0.15) is 0 Å². The van der Waals surface area contributed by atoms with Crippen LogP contribution in [0.5, 0.6) is 0 Å². The molecule has 1 saturated carbocycles. The van der Waals surface area contributed by atoms with Gasteiger partial charge in [0.05, 0.1) is 18.5 Å². The van der Waals surface area contributed by atoms with Gasteiger partial charge in [0.15, 0.2) is 0 Å². The van der Waals surface area contributed by atoms with Gasteiger partial charge in [-0.3, -0.25) is 14.4 Å². The first-order valence-corrected chi connectivity index (χ1v) is 9.31. The minimum atomic E-state index is -0.986. The molecule has 1 fully saturated rings. The summed E-state index contributed by atoms with van der Waals surface area (Å²) in [5, 5.41) is 14.7. The number of carbonyl (C=O) groups is 3. The van der Waals surface area contributed by atoms with Crippen LogP contribution in [0.15, 0.2) is 30.3 Å². The summed E-state index contributed by atoms with van der Waals surface area (Å²) in [6.07, 6.45) is 6.19. The highest BCUT2D eigenvalue weighted by atomic mass is 16.4. The molecular formula is C20H28N2O4. The van der Waals surface area contributed by atoms with Gasteiger partial charge in [0, 0.05) is 6.42 Å². The van der Waals surface area contributed by atoms with Gasteiger partial charge in [-0.25, -0.2) is 0 Å². The molecule has 6 nitrogen and oxygen atoms in total. The fourth-order valence-corrected chi connectivity index (χ4v) is 3.43. The third-order valence-electron chi connectivity index (χ3n) is 5.07. The number of carbonyl (C=O) groups excluding carboxylic acids is 2. The third kappa shape index (κ3) is 6.17. The monoisotopic (exact) mass is 360 g/mol. The van der Waals surface area contributed by atoms with E-state index >= 15 is 0 Å². The second-order valence-corrected chi connectivity index (χ2v) is 7.05. The number of aliphatic carboxylic acids is 1. The Morgan fingerprint density at radius 2 is 1.77 bits per heavy atom. The SMILES string of the molecule is CC(C(=O)O)C(NC(=O)CNC(=O)CCC1CCCC1)c1ccccc1. The van der Waals surface area contributed by atoms with Crippen molar-refractivity contribution in [1.82, 2.24) is 10.6 Å². The van der Waals surface area contributed by atoms with Gasteiger partial charge in [0.25, 0.3) is 0 Å². The molecule has 1 aromatic rings. The Balaban J connectivity index is 1.82. The van der Waals surface area contributed by atoms with E-state index in [1.807, 2.05) is 6.07 Å². The van der Waals surface area contributed by atoms with Gasteiger partial charge >= 0.3 is 5.97 Å². The molecule has 6 heteroatoms. The maximum atomic E-state index is 12.2. The van der Waals surface area contributed by atoms with Crippen LogP contribution in [-0.2, 0) is 14.4 Å². The summed E-state index contributed by atoms with van der Waals surface area (Å²) in [7, 11) is 0. The van der Waals surface area contributed by atoms with Crippen LogP contribution in [0.25, 0.3) is 0 Å². The highest BCUT2D eigenvalue weighted by molar-refractivity contribution is 5.85. The van der Waals surface area contributed by atoms with Crippen molar-refractivity contribution in [2.45, 2.75) is 51.5 Å². The van der Waals surface area contributed by atoms with Crippen LogP contribution in [0.3, 0.4) is 0 Å². The zero-order valence-electron chi connectivity index (χ0n) is 15.2. The molecular weight excluding hydrogens is 332 g/mol. The number of carboxylic acid groups (broad SMARTS) is 1. The molecule has 0 spiro atoms. The fourth-order valence-electron chi connectivity index (χ4n) is 3.43. The molecule has 142 valence electrons. The van der Waals surface area contributed by atoms with E-state index in [4.69, 9.17) is 0 Å². The maximum Gasteiger partial charge on any atom is 0.308 e. The first kappa shape index (κ1) is 19.9. The van der Waals surface area contributed by atoms with Crippen molar-refractivity contribution in [3.05, 3.63) is 35.9 Å². The molecule has 0 aliphatic heterocycles. The zero-order valence-corrected chi connectivity index (χ0v) is 15.2. The number of hydrogen-bond acceptors (Lipinski definition) is 3. The second-order valence-electron chi connectivity index (χ2n) is 7.05. The van der Waals surface area contributed by atoms with Gasteiger partial charge in [0.2, 0.25) is 11.8 Å². The summed E-state index contributed by atoms with van der Waals surface area (Å²) >= 11 is 0. The number of amides is 2. The molecule has 0 aromatic heterocycles. The largest absolute Gasteiger partial charge is 0.481 e. The predicted octanol–water partition coefficient (Wildman–Crippen LogP) is 2.65. The number of rotatable bonds is 9. The molecule has 0 saturated heterocycles. The van der Waals surface area contributed by atoms with Crippen LogP contribution in [-0.4, -0.2) is 29.4 Å². The average Bonchev–Trinajstić information content (AvgIpc) is 3.16. The highest BCUT2D eigenvalue weighted by Crippen LogP contribution is 2.28. The summed E-state index contributed by atoms with van der Waals surface area (Å²) in [5.41, 5.74) is 0.725. The minimum absolute atomic E-state index is 0.130. The molecule has 2 amide bonds. The number of nitrogens with one attached hydrogen (secondary N) is 2. The molecule has 1 aromatic carbocycles. The van der Waals surface area contributed by atoms with Gasteiger partial charge < -0.3 is 15.7 Å². The van der Waals surface area contributed by atoms with Gasteiger partial charge in [-0.05, 0) is 24.8 Å². The van der Waals surface area contributed by atoms with Crippen molar-refractivity contribution in [3.8, 4) is 0 Å². The Kier molecular flexibility index (Phi) is 7.63. The van der Waals surface area contributed by atoms with E-state index in [0.29, 0.717) is 12.3 Å². The summed E-state index contributed by atoms with van der Waals surface area (Å²) in [6, 6.07) is 8.35. The van der Waals surface area contributed by atoms with E-state index in [0.717, 1.165) is 12.0 Å². The Bertz CT molecular complexity index is 611. The minimum Gasteiger partial charge on any atom is -0.481 e. The van der Waals surface area contributed by atoms with E-state index in [9.17, 15) is 19.5 Å². The fraction of sp³-hybridized carbons (Fsp3) is 0.550. The maximum absolute atomic E-state index is 12.2. The lowest BCUT2D eigenvalue weighted by Gasteiger charge is -2.23. The van der Waals surface area contributed by atoms with E-state index in [1.165, 1.54) is 25.7 Å². The molecule has 26 heavy (non-hydrogen) atoms. The second kappa shape index (κ2) is 9.94. The smallest absolute Gasteiger partial charge is 0.308 e. The van der Waals surface area contributed by atoms with Crippen LogP contribution >= 0.6 is 0 Å². The quantitative estimate of drug-likeness (QED) is 0.631. The lowest BCUT2D eigenvalue weighted by molar-refractivity contribution is -0.142. The van der Waals surface area contributed by atoms with Crippen LogP contribution in [0, 0.1) is 11.8 Å². The molecule has 0 heterocycles. The lowest BCUT2D eigenvalue weighted by atomic mass is 9.94. The molecule has 2 rings (SSSR count). The van der Waals surface area contributed by atoms with Crippen LogP contribution in [0.1, 0.15) is 57.1 Å². The standard InChI is InChI=1S/C20H28N2O4/c1-14(20(25)26)19(16-9-3-2-4-10-16)22-18(24)13-21-17(23)12-11-15-7-5-6-8-15/h2-4,9-10,14-15,19H,5-8,11-13H2,1H3,(H,21,23)(H,22,24)(H,25,26). The topological polar surface area (TPSA) is 95.5 Å². The lowest BCUT2D eigenvalue weighted by Crippen LogP contribution is -2.41. The number of hydrogen-bond donors (Lipinski definition) is 3. The van der Waals surface area contributed by atoms with Crippen molar-refractivity contribution in [1.29, 1.82) is 0 Å². The molecule has 3 N–H and O–H groups in total. The van der Waals surface area contributed by atoms with Crippen molar-refractivity contribution < 1.29 is 19.5 Å². The first-order chi connectivity index (χ1) is 12.5. The van der Waals surface area contributed by atoms with Crippen LogP contribution in [0.4, 0.5) is 0 Å². The van der Waals surface area contributed by atoms with Crippen LogP contribution < -0.4 is 10.6 Å². The van der Waals surface area contributed by atoms with E-state index in [1.54, 1.807) is 31.2 Å². The molecule has 0 bridgehead atoms. The number of carboxylic acids is 1. The molecule has 1 aliphatic carbocycles. The normalized spacial score (nSPS) is 16.7.